The van der Waals surface area contributed by atoms with E-state index in [9.17, 15) is 24.0 Å². The first-order valence-corrected chi connectivity index (χ1v) is 9.99. The van der Waals surface area contributed by atoms with E-state index in [-0.39, 0.29) is 33.3 Å². The smallest absolute Gasteiger partial charge is 0.355 e. The molecule has 1 aromatic heterocycles. The lowest BCUT2D eigenvalue weighted by Crippen LogP contribution is -2.18. The highest BCUT2D eigenvalue weighted by molar-refractivity contribution is 6.28. The second-order valence-electron chi connectivity index (χ2n) is 6.94. The van der Waals surface area contributed by atoms with E-state index in [1.165, 1.54) is 4.57 Å². The zero-order valence-electron chi connectivity index (χ0n) is 19.5. The Balaban J connectivity index is 2.76. The number of carbonyl (C=O) groups is 5. The van der Waals surface area contributed by atoms with Crippen LogP contribution in [-0.2, 0) is 33.3 Å². The molecule has 0 unspecified atom stereocenters. The summed E-state index contributed by atoms with van der Waals surface area (Å²) in [5, 5.41) is 0.573. The molecule has 3 aromatic rings. The molecule has 0 saturated heterocycles. The van der Waals surface area contributed by atoms with Crippen LogP contribution in [-0.4, -0.2) is 70.0 Å². The minimum Gasteiger partial charge on any atom is -0.466 e. The molecular weight excluding hydrogens is 462 g/mol. The summed E-state index contributed by atoms with van der Waals surface area (Å²) in [6.45, 7) is 0. The summed E-state index contributed by atoms with van der Waals surface area (Å²) in [6, 6.07) is 7.68. The van der Waals surface area contributed by atoms with E-state index < -0.39 is 29.8 Å². The first-order chi connectivity index (χ1) is 16.7. The number of benzene rings is 2. The van der Waals surface area contributed by atoms with Crippen molar-refractivity contribution in [1.29, 1.82) is 0 Å². The van der Waals surface area contributed by atoms with Gasteiger partial charge in [0.15, 0.2) is 0 Å². The molecule has 0 atom stereocenters. The summed E-state index contributed by atoms with van der Waals surface area (Å²) in [5.41, 5.74) is -0.847. The molecule has 0 saturated carbocycles. The van der Waals surface area contributed by atoms with Crippen molar-refractivity contribution < 1.29 is 47.7 Å². The molecular formula is C24H21NO10. The number of hydrogen-bond donors (Lipinski definition) is 0. The number of carbonyl (C=O) groups excluding carboxylic acids is 5. The van der Waals surface area contributed by atoms with Crippen LogP contribution in [0.2, 0.25) is 0 Å². The Kier molecular flexibility index (Phi) is 7.19. The summed E-state index contributed by atoms with van der Waals surface area (Å²) >= 11 is 0. The van der Waals surface area contributed by atoms with Gasteiger partial charge in [0.05, 0.1) is 69.3 Å². The number of para-hydroxylation sites is 1. The van der Waals surface area contributed by atoms with Crippen molar-refractivity contribution in [3.63, 3.8) is 0 Å². The van der Waals surface area contributed by atoms with Crippen LogP contribution < -0.4 is 0 Å². The van der Waals surface area contributed by atoms with E-state index in [0.717, 1.165) is 47.7 Å². The largest absolute Gasteiger partial charge is 0.466 e. The number of hydrogen-bond acceptors (Lipinski definition) is 10. The molecule has 0 radical (unpaired) electrons. The second-order valence-corrected chi connectivity index (χ2v) is 6.94. The zero-order valence-corrected chi connectivity index (χ0v) is 19.5. The maximum atomic E-state index is 13.0. The standard InChI is InChI=1S/C24H21NO10/c1-31-17(26)11-16(23(29)34-4)25-15-9-7-6-8-12(15)18-13(21(27)32-2)10-14(22(28)33-3)19(20(18)25)24(30)35-5/h6-11H,1-5H3/b16-11+. The number of methoxy groups -OCH3 is 5. The predicted octanol–water partition coefficient (Wildman–Crippen LogP) is 2.34. The third-order valence-corrected chi connectivity index (χ3v) is 5.23. The Bertz CT molecular complexity index is 1410. The molecule has 0 aliphatic carbocycles. The molecule has 182 valence electrons. The van der Waals surface area contributed by atoms with E-state index in [4.69, 9.17) is 18.9 Å². The maximum Gasteiger partial charge on any atom is 0.355 e. The number of fused-ring (bicyclic) bond motifs is 3. The van der Waals surface area contributed by atoms with Crippen molar-refractivity contribution in [2.24, 2.45) is 0 Å². The molecule has 35 heavy (non-hydrogen) atoms. The normalized spacial score (nSPS) is 11.2. The molecule has 1 heterocycles. The SMILES string of the molecule is COC(=O)/C=C(\C(=O)OC)n1c2ccccc2c2c(C(=O)OC)cc(C(=O)OC)c(C(=O)OC)c21. The number of ether oxygens (including phenoxy) is 5. The fraction of sp³-hybridized carbons (Fsp3) is 0.208. The van der Waals surface area contributed by atoms with E-state index in [1.54, 1.807) is 24.3 Å². The van der Waals surface area contributed by atoms with E-state index in [0.29, 0.717) is 10.9 Å². The third-order valence-electron chi connectivity index (χ3n) is 5.23. The highest BCUT2D eigenvalue weighted by atomic mass is 16.5. The fourth-order valence-electron chi connectivity index (χ4n) is 3.76. The average Bonchev–Trinajstić information content (AvgIpc) is 3.23. The monoisotopic (exact) mass is 483 g/mol. The second kappa shape index (κ2) is 10.1. The number of esters is 5. The van der Waals surface area contributed by atoms with E-state index in [1.807, 2.05) is 0 Å². The maximum absolute atomic E-state index is 13.0. The van der Waals surface area contributed by atoms with Crippen LogP contribution in [0.15, 0.2) is 36.4 Å². The molecule has 3 rings (SSSR count). The quantitative estimate of drug-likeness (QED) is 0.292. The van der Waals surface area contributed by atoms with Crippen molar-refractivity contribution in [3.05, 3.63) is 53.1 Å². The highest BCUT2D eigenvalue weighted by Crippen LogP contribution is 2.39. The molecule has 0 aliphatic heterocycles. The Morgan fingerprint density at radius 1 is 0.743 bits per heavy atom. The van der Waals surface area contributed by atoms with Gasteiger partial charge in [-0.05, 0) is 12.1 Å². The first-order valence-electron chi connectivity index (χ1n) is 9.99. The van der Waals surface area contributed by atoms with Crippen molar-refractivity contribution in [1.82, 2.24) is 4.57 Å². The van der Waals surface area contributed by atoms with Crippen LogP contribution in [0.4, 0.5) is 0 Å². The van der Waals surface area contributed by atoms with Gasteiger partial charge in [0, 0.05) is 10.8 Å². The van der Waals surface area contributed by atoms with Gasteiger partial charge in [-0.1, -0.05) is 18.2 Å². The van der Waals surface area contributed by atoms with Crippen LogP contribution in [0.5, 0.6) is 0 Å². The number of nitrogens with zero attached hydrogens (tertiary/aromatic N) is 1. The summed E-state index contributed by atoms with van der Waals surface area (Å²) < 4.78 is 25.4. The lowest BCUT2D eigenvalue weighted by molar-refractivity contribution is -0.137. The Labute approximate surface area is 198 Å². The molecule has 0 amide bonds. The Morgan fingerprint density at radius 3 is 1.91 bits per heavy atom. The van der Waals surface area contributed by atoms with E-state index in [2.05, 4.69) is 4.74 Å². The van der Waals surface area contributed by atoms with Gasteiger partial charge in [0.1, 0.15) is 5.70 Å². The summed E-state index contributed by atoms with van der Waals surface area (Å²) in [7, 11) is 5.56. The molecule has 0 aliphatic rings. The zero-order chi connectivity index (χ0) is 25.9. The van der Waals surface area contributed by atoms with Crippen molar-refractivity contribution in [3.8, 4) is 0 Å². The molecule has 0 fully saturated rings. The topological polar surface area (TPSA) is 136 Å². The lowest BCUT2D eigenvalue weighted by Gasteiger charge is -2.15. The van der Waals surface area contributed by atoms with Gasteiger partial charge >= 0.3 is 29.8 Å². The highest BCUT2D eigenvalue weighted by Gasteiger charge is 2.32. The van der Waals surface area contributed by atoms with Crippen LogP contribution in [0.1, 0.15) is 31.1 Å². The van der Waals surface area contributed by atoms with Gasteiger partial charge in [0.25, 0.3) is 0 Å². The van der Waals surface area contributed by atoms with Gasteiger partial charge in [-0.2, -0.15) is 0 Å². The van der Waals surface area contributed by atoms with Gasteiger partial charge in [-0.15, -0.1) is 0 Å². The Morgan fingerprint density at radius 2 is 1.34 bits per heavy atom. The van der Waals surface area contributed by atoms with Crippen molar-refractivity contribution in [2.45, 2.75) is 0 Å². The van der Waals surface area contributed by atoms with Crippen LogP contribution in [0.25, 0.3) is 27.5 Å². The lowest BCUT2D eigenvalue weighted by atomic mass is 9.97. The summed E-state index contributed by atoms with van der Waals surface area (Å²) in [4.78, 5) is 63.5. The predicted molar refractivity (Wildman–Crippen MR) is 122 cm³/mol. The van der Waals surface area contributed by atoms with Crippen molar-refractivity contribution >= 4 is 57.3 Å². The van der Waals surface area contributed by atoms with Gasteiger partial charge in [-0.3, -0.25) is 0 Å². The number of rotatable bonds is 6. The minimum atomic E-state index is -0.961. The molecule has 0 N–H and O–H groups in total. The minimum absolute atomic E-state index is 0.0816. The molecule has 11 nitrogen and oxygen atoms in total. The van der Waals surface area contributed by atoms with Gasteiger partial charge < -0.3 is 28.3 Å². The van der Waals surface area contributed by atoms with Crippen LogP contribution >= 0.6 is 0 Å². The Hall–Kier alpha value is -4.67. The van der Waals surface area contributed by atoms with E-state index >= 15 is 0 Å². The number of aromatic nitrogens is 1. The molecule has 0 spiro atoms. The molecule has 0 bridgehead atoms. The molecule has 11 heteroatoms. The summed E-state index contributed by atoms with van der Waals surface area (Å²) in [6.07, 6.45) is 0.863. The fourth-order valence-corrected chi connectivity index (χ4v) is 3.76. The average molecular weight is 483 g/mol. The third kappa shape index (κ3) is 4.19. The van der Waals surface area contributed by atoms with Gasteiger partial charge in [-0.25, -0.2) is 24.0 Å². The van der Waals surface area contributed by atoms with Crippen LogP contribution in [0, 0.1) is 0 Å². The summed E-state index contributed by atoms with van der Waals surface area (Å²) in [5.74, 6) is -4.59. The van der Waals surface area contributed by atoms with Crippen LogP contribution in [0.3, 0.4) is 0 Å². The first kappa shape index (κ1) is 25.0. The molecule has 2 aromatic carbocycles. The van der Waals surface area contributed by atoms with Gasteiger partial charge in [0.2, 0.25) is 0 Å². The van der Waals surface area contributed by atoms with Crippen molar-refractivity contribution in [2.75, 3.05) is 35.5 Å².